The SMILES string of the molecule is CC(C)C(=Cc1ccc(Cl)c(F)c1)CO. The molecule has 0 aliphatic carbocycles. The zero-order valence-corrected chi connectivity index (χ0v) is 9.55. The Labute approximate surface area is 94.2 Å². The molecule has 1 aromatic carbocycles. The Morgan fingerprint density at radius 1 is 1.53 bits per heavy atom. The summed E-state index contributed by atoms with van der Waals surface area (Å²) in [5, 5.41) is 9.21. The van der Waals surface area contributed by atoms with E-state index in [1.54, 1.807) is 12.1 Å². The second-order valence-corrected chi connectivity index (χ2v) is 4.11. The molecule has 0 heterocycles. The van der Waals surface area contributed by atoms with E-state index in [-0.39, 0.29) is 17.5 Å². The molecule has 1 rings (SSSR count). The molecule has 0 amide bonds. The molecule has 15 heavy (non-hydrogen) atoms. The third-order valence-corrected chi connectivity index (χ3v) is 2.53. The van der Waals surface area contributed by atoms with Crippen molar-refractivity contribution in [2.45, 2.75) is 13.8 Å². The monoisotopic (exact) mass is 228 g/mol. The average molecular weight is 229 g/mol. The number of hydrogen-bond donors (Lipinski definition) is 1. The molecule has 0 aliphatic heterocycles. The number of benzene rings is 1. The van der Waals surface area contributed by atoms with Crippen molar-refractivity contribution in [1.29, 1.82) is 0 Å². The molecule has 0 saturated carbocycles. The van der Waals surface area contributed by atoms with Crippen LogP contribution < -0.4 is 0 Å². The lowest BCUT2D eigenvalue weighted by Gasteiger charge is -2.08. The zero-order chi connectivity index (χ0) is 11.4. The van der Waals surface area contributed by atoms with E-state index in [2.05, 4.69) is 0 Å². The Kier molecular flexibility index (Phi) is 4.30. The van der Waals surface area contributed by atoms with Gasteiger partial charge in [-0.05, 0) is 29.2 Å². The molecule has 0 saturated heterocycles. The van der Waals surface area contributed by atoms with Gasteiger partial charge in [-0.2, -0.15) is 0 Å². The van der Waals surface area contributed by atoms with E-state index in [1.807, 2.05) is 13.8 Å². The quantitative estimate of drug-likeness (QED) is 0.840. The number of aliphatic hydroxyl groups excluding tert-OH is 1. The summed E-state index contributed by atoms with van der Waals surface area (Å²) in [5.74, 6) is -0.194. The second kappa shape index (κ2) is 5.29. The van der Waals surface area contributed by atoms with E-state index in [4.69, 9.17) is 16.7 Å². The van der Waals surface area contributed by atoms with Crippen LogP contribution in [0.2, 0.25) is 5.02 Å². The molecule has 1 N–H and O–H groups in total. The van der Waals surface area contributed by atoms with Gasteiger partial charge in [-0.15, -0.1) is 0 Å². The average Bonchev–Trinajstić information content (AvgIpc) is 2.19. The summed E-state index contributed by atoms with van der Waals surface area (Å²) in [4.78, 5) is 0. The Morgan fingerprint density at radius 2 is 2.20 bits per heavy atom. The van der Waals surface area contributed by atoms with Gasteiger partial charge in [0.1, 0.15) is 5.82 Å². The highest BCUT2D eigenvalue weighted by atomic mass is 35.5. The lowest BCUT2D eigenvalue weighted by Crippen LogP contribution is -1.98. The first-order chi connectivity index (χ1) is 7.04. The van der Waals surface area contributed by atoms with Gasteiger partial charge in [-0.1, -0.05) is 37.6 Å². The molecule has 0 radical (unpaired) electrons. The van der Waals surface area contributed by atoms with Gasteiger partial charge < -0.3 is 5.11 Å². The minimum absolute atomic E-state index is 0.0120. The summed E-state index contributed by atoms with van der Waals surface area (Å²) in [6.07, 6.45) is 1.78. The van der Waals surface area contributed by atoms with Crippen LogP contribution in [0.25, 0.3) is 6.08 Å². The van der Waals surface area contributed by atoms with Gasteiger partial charge in [-0.3, -0.25) is 0 Å². The summed E-state index contributed by atoms with van der Waals surface area (Å²) >= 11 is 5.57. The fourth-order valence-corrected chi connectivity index (χ4v) is 1.33. The fourth-order valence-electron chi connectivity index (χ4n) is 1.21. The van der Waals surface area contributed by atoms with Gasteiger partial charge in [0.25, 0.3) is 0 Å². The second-order valence-electron chi connectivity index (χ2n) is 3.71. The summed E-state index contributed by atoms with van der Waals surface area (Å²) in [6.45, 7) is 3.95. The first-order valence-electron chi connectivity index (χ1n) is 4.81. The van der Waals surface area contributed by atoms with Crippen molar-refractivity contribution in [1.82, 2.24) is 0 Å². The van der Waals surface area contributed by atoms with E-state index in [0.717, 1.165) is 11.1 Å². The number of hydrogen-bond acceptors (Lipinski definition) is 1. The third-order valence-electron chi connectivity index (χ3n) is 2.22. The van der Waals surface area contributed by atoms with E-state index in [1.165, 1.54) is 12.1 Å². The van der Waals surface area contributed by atoms with E-state index in [0.29, 0.717) is 0 Å². The largest absolute Gasteiger partial charge is 0.392 e. The van der Waals surface area contributed by atoms with E-state index in [9.17, 15) is 4.39 Å². The van der Waals surface area contributed by atoms with Crippen LogP contribution in [-0.2, 0) is 0 Å². The van der Waals surface area contributed by atoms with E-state index < -0.39 is 5.82 Å². The lowest BCUT2D eigenvalue weighted by molar-refractivity contribution is 0.320. The van der Waals surface area contributed by atoms with Gasteiger partial charge in [0.05, 0.1) is 11.6 Å². The third kappa shape index (κ3) is 3.33. The van der Waals surface area contributed by atoms with E-state index >= 15 is 0 Å². The predicted molar refractivity (Wildman–Crippen MR) is 61.3 cm³/mol. The summed E-state index contributed by atoms with van der Waals surface area (Å²) < 4.78 is 13.1. The standard InChI is InChI=1S/C12H14ClFO/c1-8(2)10(7-15)5-9-3-4-11(13)12(14)6-9/h3-6,8,15H,7H2,1-2H3. The molecule has 1 aromatic rings. The zero-order valence-electron chi connectivity index (χ0n) is 8.80. The van der Waals surface area contributed by atoms with Crippen molar-refractivity contribution in [3.05, 3.63) is 40.2 Å². The van der Waals surface area contributed by atoms with Crippen LogP contribution in [0.4, 0.5) is 4.39 Å². The molecule has 3 heteroatoms. The molecule has 0 bridgehead atoms. The maximum Gasteiger partial charge on any atom is 0.142 e. The number of rotatable bonds is 3. The summed E-state index contributed by atoms with van der Waals surface area (Å²) in [6, 6.07) is 4.60. The molecule has 0 aliphatic rings. The molecular formula is C12H14ClFO. The number of halogens is 2. The van der Waals surface area contributed by atoms with Crippen LogP contribution >= 0.6 is 11.6 Å². The first kappa shape index (κ1) is 12.2. The van der Waals surface area contributed by atoms with Gasteiger partial charge in [-0.25, -0.2) is 4.39 Å². The molecule has 1 nitrogen and oxygen atoms in total. The molecule has 82 valence electrons. The Morgan fingerprint density at radius 3 is 2.67 bits per heavy atom. The lowest BCUT2D eigenvalue weighted by atomic mass is 10.0. The van der Waals surface area contributed by atoms with Crippen molar-refractivity contribution in [2.24, 2.45) is 5.92 Å². The van der Waals surface area contributed by atoms with Crippen molar-refractivity contribution >= 4 is 17.7 Å². The fraction of sp³-hybridized carbons (Fsp3) is 0.333. The molecule has 0 atom stereocenters. The minimum atomic E-state index is -0.438. The van der Waals surface area contributed by atoms with Crippen molar-refractivity contribution < 1.29 is 9.50 Å². The maximum atomic E-state index is 13.1. The minimum Gasteiger partial charge on any atom is -0.392 e. The topological polar surface area (TPSA) is 20.2 Å². The Bertz CT molecular complexity index is 372. The van der Waals surface area contributed by atoms with Crippen molar-refractivity contribution in [3.63, 3.8) is 0 Å². The van der Waals surface area contributed by atoms with Crippen molar-refractivity contribution in [3.8, 4) is 0 Å². The van der Waals surface area contributed by atoms with Crippen LogP contribution in [0.5, 0.6) is 0 Å². The van der Waals surface area contributed by atoms with Gasteiger partial charge in [0.2, 0.25) is 0 Å². The summed E-state index contributed by atoms with van der Waals surface area (Å²) in [5.41, 5.74) is 1.59. The molecule has 0 spiro atoms. The number of aliphatic hydroxyl groups is 1. The van der Waals surface area contributed by atoms with Gasteiger partial charge in [0.15, 0.2) is 0 Å². The van der Waals surface area contributed by atoms with Crippen LogP contribution in [0.15, 0.2) is 23.8 Å². The molecule has 0 unspecified atom stereocenters. The normalized spacial score (nSPS) is 12.3. The molecular weight excluding hydrogens is 215 g/mol. The highest BCUT2D eigenvalue weighted by Crippen LogP contribution is 2.19. The van der Waals surface area contributed by atoms with Gasteiger partial charge in [0, 0.05) is 0 Å². The van der Waals surface area contributed by atoms with Crippen LogP contribution in [0.3, 0.4) is 0 Å². The maximum absolute atomic E-state index is 13.1. The highest BCUT2D eigenvalue weighted by Gasteiger charge is 2.03. The highest BCUT2D eigenvalue weighted by molar-refractivity contribution is 6.30. The van der Waals surface area contributed by atoms with Crippen molar-refractivity contribution in [2.75, 3.05) is 6.61 Å². The predicted octanol–water partition coefficient (Wildman–Crippen LogP) is 3.51. The summed E-state index contributed by atoms with van der Waals surface area (Å²) in [7, 11) is 0. The Balaban J connectivity index is 3.01. The molecule has 0 aromatic heterocycles. The molecule has 0 fully saturated rings. The smallest absolute Gasteiger partial charge is 0.142 e. The van der Waals surface area contributed by atoms with Crippen LogP contribution in [0, 0.1) is 11.7 Å². The first-order valence-corrected chi connectivity index (χ1v) is 5.18. The van der Waals surface area contributed by atoms with Gasteiger partial charge >= 0.3 is 0 Å². The Hall–Kier alpha value is -0.860. The van der Waals surface area contributed by atoms with Crippen LogP contribution in [0.1, 0.15) is 19.4 Å². The van der Waals surface area contributed by atoms with Crippen LogP contribution in [-0.4, -0.2) is 11.7 Å².